The minimum atomic E-state index is -0.689. The fourth-order valence-corrected chi connectivity index (χ4v) is 12.6. The number of imidazole rings is 1. The molecule has 5 saturated heterocycles. The van der Waals surface area contributed by atoms with Gasteiger partial charge in [0.2, 0.25) is 5.91 Å². The Morgan fingerprint density at radius 1 is 0.894 bits per heavy atom. The van der Waals surface area contributed by atoms with Crippen LogP contribution >= 0.6 is 11.6 Å². The Morgan fingerprint density at radius 3 is 2.51 bits per heavy atom. The van der Waals surface area contributed by atoms with Gasteiger partial charge in [-0.3, -0.25) is 24.4 Å². The Labute approximate surface area is 494 Å². The van der Waals surface area contributed by atoms with Gasteiger partial charge < -0.3 is 48.9 Å². The third kappa shape index (κ3) is 12.5. The van der Waals surface area contributed by atoms with Crippen LogP contribution in [0.2, 0.25) is 5.02 Å². The first-order valence-corrected chi connectivity index (χ1v) is 29.5. The maximum Gasteiger partial charge on any atom is 0.407 e. The number of nitrogens with zero attached hydrogens (tertiary/aromatic N) is 8. The Hall–Kier alpha value is -7.81. The number of ether oxygens (including phenoxy) is 6. The number of hydrogen-bond acceptors (Lipinski definition) is 17. The zero-order valence-electron chi connectivity index (χ0n) is 47.3. The lowest BCUT2D eigenvalue weighted by molar-refractivity contribution is -0.125. The van der Waals surface area contributed by atoms with Gasteiger partial charge in [0, 0.05) is 79.9 Å². The first-order chi connectivity index (χ1) is 41.3. The van der Waals surface area contributed by atoms with Crippen molar-refractivity contribution in [1.82, 2.24) is 50.3 Å². The maximum absolute atomic E-state index is 17.1. The number of halogens is 3. The summed E-state index contributed by atoms with van der Waals surface area (Å²) in [5, 5.41) is 7.74. The summed E-state index contributed by atoms with van der Waals surface area (Å²) in [5.41, 5.74) is 2.73. The number of nitrogens with one attached hydrogen (secondary N) is 3. The molecule has 5 aliphatic rings. The fourth-order valence-electron chi connectivity index (χ4n) is 12.3. The summed E-state index contributed by atoms with van der Waals surface area (Å²) in [4.78, 5) is 70.4. The molecule has 20 nitrogen and oxygen atoms in total. The number of ketones is 1. The van der Waals surface area contributed by atoms with E-state index < -0.39 is 36.0 Å². The molecule has 7 atom stereocenters. The normalized spacial score (nSPS) is 22.1. The molecule has 5 aliphatic heterocycles. The number of H-pyrrole nitrogens is 1. The van der Waals surface area contributed by atoms with Crippen LogP contribution in [-0.4, -0.2) is 173 Å². The number of carbonyl (C=O) groups is 3. The van der Waals surface area contributed by atoms with E-state index in [1.165, 1.54) is 6.07 Å². The number of aromatic amines is 1. The van der Waals surface area contributed by atoms with Crippen LogP contribution in [0.5, 0.6) is 17.8 Å². The molecule has 12 rings (SSSR count). The van der Waals surface area contributed by atoms with E-state index in [9.17, 15) is 14.4 Å². The van der Waals surface area contributed by atoms with Crippen molar-refractivity contribution in [2.45, 2.75) is 107 Å². The molecule has 2 bridgehead atoms. The third-order valence-corrected chi connectivity index (χ3v) is 17.2. The summed E-state index contributed by atoms with van der Waals surface area (Å²) in [6.45, 7) is 3.48. The summed E-state index contributed by atoms with van der Waals surface area (Å²) in [7, 11) is 4.09. The number of pyridine rings is 2. The molecule has 5 fully saturated rings. The Bertz CT molecular complexity index is 3670. The first kappa shape index (κ1) is 57.6. The molecule has 2 amide bonds. The van der Waals surface area contributed by atoms with Crippen LogP contribution in [0.15, 0.2) is 66.9 Å². The van der Waals surface area contributed by atoms with Crippen molar-refractivity contribution < 1.29 is 51.6 Å². The van der Waals surface area contributed by atoms with Crippen LogP contribution in [0.1, 0.15) is 69.8 Å². The van der Waals surface area contributed by atoms with Crippen molar-refractivity contribution in [3.8, 4) is 52.6 Å². The number of unbranched alkanes of at least 4 members (excludes halogenated alkanes) is 5. The minimum Gasteiger partial charge on any atom is -0.492 e. The van der Waals surface area contributed by atoms with E-state index in [4.69, 9.17) is 51.4 Å². The lowest BCUT2D eigenvalue weighted by Gasteiger charge is -2.39. The number of rotatable bonds is 22. The maximum atomic E-state index is 17.1. The predicted molar refractivity (Wildman–Crippen MR) is 314 cm³/mol. The number of benzene rings is 3. The highest BCUT2D eigenvalue weighted by atomic mass is 35.5. The van der Waals surface area contributed by atoms with Gasteiger partial charge in [0.15, 0.2) is 23.4 Å². The number of piperazine rings is 1. The van der Waals surface area contributed by atoms with E-state index in [0.717, 1.165) is 56.9 Å². The van der Waals surface area contributed by atoms with Crippen molar-refractivity contribution in [1.29, 1.82) is 0 Å². The molecule has 3 aromatic carbocycles. The molecule has 9 heterocycles. The molecule has 4 aromatic heterocycles. The number of likely N-dealkylation sites (N-methyl/N-ethyl adjacent to an activating group) is 2. The lowest BCUT2D eigenvalue weighted by Crippen LogP contribution is -2.52. The van der Waals surface area contributed by atoms with Gasteiger partial charge in [0.1, 0.15) is 66.7 Å². The molecule has 0 spiro atoms. The van der Waals surface area contributed by atoms with Gasteiger partial charge in [-0.05, 0) is 81.6 Å². The summed E-state index contributed by atoms with van der Waals surface area (Å²) in [5.74, 6) is 2.24. The van der Waals surface area contributed by atoms with E-state index in [-0.39, 0.29) is 72.5 Å². The standard InChI is InChI=1S/C62H66ClF2N11O9/c1-4-42-46(64)22-17-35-12-11-13-43(51(35)42)54-52(65)55-44(28-68-54)59(76-29-37-18-19-38(30-76)75(37)3)73-60(71-55)83-32-39-26-41(31-74(39)2)84-62(79)67-23-10-8-6-5-7-9-14-50(78)66-24-25-80-40-20-15-36(16-21-40)53-45(63)27-47-58(70-53)72-61(69-47)85-49-34-82-56-48(77)33-81-57(49)56/h1,11-13,15-17,20-22,27-28,37-39,41,49,56-57H,5-10,14,18-19,23-26,29-34H2,2-3H3,(H,66,78)(H,67,79)(H,69,70,72)/t37?,38?,39-,41+,49+,56+,57+/m0/s1. The van der Waals surface area contributed by atoms with E-state index in [0.29, 0.717) is 119 Å². The van der Waals surface area contributed by atoms with E-state index in [1.807, 2.05) is 31.3 Å². The van der Waals surface area contributed by atoms with E-state index >= 15 is 8.78 Å². The van der Waals surface area contributed by atoms with E-state index in [2.05, 4.69) is 63.2 Å². The van der Waals surface area contributed by atoms with Crippen LogP contribution in [0.4, 0.5) is 19.4 Å². The number of Topliss-reactive ketones (excluding diaryl/α,β-unsaturated/α-hetero) is 1. The molecule has 0 aliphatic carbocycles. The summed E-state index contributed by atoms with van der Waals surface area (Å²) in [6, 6.07) is 18.0. The van der Waals surface area contributed by atoms with Crippen LogP contribution in [0, 0.1) is 24.0 Å². The summed E-state index contributed by atoms with van der Waals surface area (Å²) < 4.78 is 67.2. The number of likely N-dealkylation sites (tertiary alicyclic amines) is 1. The van der Waals surface area contributed by atoms with Crippen molar-refractivity contribution in [3.05, 3.63) is 89.1 Å². The second kappa shape index (κ2) is 25.4. The number of aromatic nitrogens is 6. The van der Waals surface area contributed by atoms with E-state index in [1.54, 1.807) is 36.5 Å². The molecule has 0 radical (unpaired) electrons. The Morgan fingerprint density at radius 2 is 1.69 bits per heavy atom. The van der Waals surface area contributed by atoms with Crippen molar-refractivity contribution in [2.75, 3.05) is 78.1 Å². The number of fused-ring (bicyclic) bond motifs is 6. The number of amides is 2. The monoisotopic (exact) mass is 1180 g/mol. The first-order valence-electron chi connectivity index (χ1n) is 29.1. The molecule has 3 N–H and O–H groups in total. The smallest absolute Gasteiger partial charge is 0.407 e. The van der Waals surface area contributed by atoms with Crippen LogP contribution in [0.25, 0.3) is 55.4 Å². The topological polar surface area (TPSA) is 221 Å². The zero-order chi connectivity index (χ0) is 58.7. The van der Waals surface area contributed by atoms with Crippen molar-refractivity contribution in [3.63, 3.8) is 0 Å². The van der Waals surface area contributed by atoms with Crippen molar-refractivity contribution in [2.24, 2.45) is 0 Å². The largest absolute Gasteiger partial charge is 0.492 e. The van der Waals surface area contributed by atoms with Crippen LogP contribution < -0.4 is 29.7 Å². The SMILES string of the molecule is C#Cc1c(F)ccc2cccc(-c3ncc4c(N5CC6CCC(C5)N6C)nc(OC[C@@H]5C[C@@H](OC(=O)NCCCCCCCCC(=O)NCCOc6ccc(-c7nc8nc(O[C@@H]9CO[C@@H]%10C(=O)CO[C@@H]%109)[nH]c8cc7Cl)cc6)CN5C)nc4c3F)c12. The van der Waals surface area contributed by atoms with Gasteiger partial charge in [-0.15, -0.1) is 6.42 Å². The lowest BCUT2D eigenvalue weighted by atomic mass is 9.96. The Balaban J connectivity index is 0.541. The quantitative estimate of drug-likeness (QED) is 0.0430. The molecule has 85 heavy (non-hydrogen) atoms. The highest BCUT2D eigenvalue weighted by molar-refractivity contribution is 6.33. The predicted octanol–water partition coefficient (Wildman–Crippen LogP) is 8.20. The van der Waals surface area contributed by atoms with Crippen LogP contribution in [0.3, 0.4) is 0 Å². The molecule has 2 unspecified atom stereocenters. The molecule has 23 heteroatoms. The number of terminal acetylenes is 1. The molecular formula is C62H66ClF2N11O9. The van der Waals surface area contributed by atoms with Gasteiger partial charge in [-0.25, -0.2) is 18.6 Å². The number of hydrogen-bond donors (Lipinski definition) is 3. The van der Waals surface area contributed by atoms with Crippen LogP contribution in [-0.2, 0) is 23.8 Å². The second-order valence-corrected chi connectivity index (χ2v) is 22.9. The second-order valence-electron chi connectivity index (χ2n) is 22.5. The highest BCUT2D eigenvalue weighted by Crippen LogP contribution is 2.39. The number of carbonyl (C=O) groups excluding carboxylic acids is 3. The van der Waals surface area contributed by atoms with Gasteiger partial charge in [-0.1, -0.05) is 67.5 Å². The fraction of sp³-hybridized carbons (Fsp3) is 0.452. The third-order valence-electron chi connectivity index (χ3n) is 16.9. The molecule has 444 valence electrons. The Kier molecular flexibility index (Phi) is 17.2. The number of alkyl carbamates (subject to hydrolysis) is 1. The molecule has 7 aromatic rings. The highest BCUT2D eigenvalue weighted by Gasteiger charge is 2.49. The summed E-state index contributed by atoms with van der Waals surface area (Å²) in [6.07, 6.45) is 13.4. The zero-order valence-corrected chi connectivity index (χ0v) is 48.0. The van der Waals surface area contributed by atoms with Gasteiger partial charge in [-0.2, -0.15) is 15.0 Å². The average Bonchev–Trinajstić information content (AvgIpc) is 2.58. The molecule has 0 saturated carbocycles. The average molecular weight is 1180 g/mol. The van der Waals surface area contributed by atoms with Gasteiger partial charge in [0.25, 0.3) is 6.01 Å². The van der Waals surface area contributed by atoms with Gasteiger partial charge >= 0.3 is 12.1 Å². The molecular weight excluding hydrogens is 1120 g/mol. The van der Waals surface area contributed by atoms with Crippen molar-refractivity contribution >= 4 is 68.0 Å². The summed E-state index contributed by atoms with van der Waals surface area (Å²) >= 11 is 6.63. The number of anilines is 1. The minimum absolute atomic E-state index is 0.00801. The van der Waals surface area contributed by atoms with Gasteiger partial charge in [0.05, 0.1) is 40.3 Å².